The average Bonchev–Trinajstić information content (AvgIpc) is 2.40. The van der Waals surface area contributed by atoms with E-state index in [0.717, 1.165) is 17.0 Å². The van der Waals surface area contributed by atoms with E-state index in [1.165, 1.54) is 0 Å². The number of aryl methyl sites for hydroxylation is 1. The Kier molecular flexibility index (Phi) is 3.06. The third kappa shape index (κ3) is 1.63. The first-order valence-electron chi connectivity index (χ1n) is 7.08. The first-order valence-corrected chi connectivity index (χ1v) is 7.08. The molecule has 5 nitrogen and oxygen atoms in total. The summed E-state index contributed by atoms with van der Waals surface area (Å²) >= 11 is 0. The zero-order valence-corrected chi connectivity index (χ0v) is 11.9. The van der Waals surface area contributed by atoms with Gasteiger partial charge in [0, 0.05) is 17.9 Å². The molecular weight excluding hydrogens is 256 g/mol. The second kappa shape index (κ2) is 4.53. The SMILES string of the molecule is CCC1(CCO)C(=O)NC2(COC2)c2ccc(C)nc21. The second-order valence-electron chi connectivity index (χ2n) is 5.79. The lowest BCUT2D eigenvalue weighted by Crippen LogP contribution is -2.67. The summed E-state index contributed by atoms with van der Waals surface area (Å²) in [6.45, 7) is 4.86. The largest absolute Gasteiger partial charge is 0.396 e. The Labute approximate surface area is 118 Å². The summed E-state index contributed by atoms with van der Waals surface area (Å²) in [6.07, 6.45) is 1.02. The van der Waals surface area contributed by atoms with E-state index in [1.807, 2.05) is 26.0 Å². The summed E-state index contributed by atoms with van der Waals surface area (Å²) in [4.78, 5) is 17.4. The number of pyridine rings is 1. The van der Waals surface area contributed by atoms with Gasteiger partial charge in [0.1, 0.15) is 5.54 Å². The molecule has 3 heterocycles. The molecule has 2 N–H and O–H groups in total. The third-order valence-corrected chi connectivity index (χ3v) is 4.63. The number of fused-ring (bicyclic) bond motifs is 2. The van der Waals surface area contributed by atoms with Crippen LogP contribution in [-0.4, -0.2) is 35.8 Å². The second-order valence-corrected chi connectivity index (χ2v) is 5.79. The van der Waals surface area contributed by atoms with Gasteiger partial charge in [-0.2, -0.15) is 0 Å². The molecule has 1 aromatic heterocycles. The van der Waals surface area contributed by atoms with Gasteiger partial charge < -0.3 is 15.2 Å². The molecule has 108 valence electrons. The molecule has 1 unspecified atom stereocenters. The lowest BCUT2D eigenvalue weighted by molar-refractivity contribution is -0.144. The monoisotopic (exact) mass is 276 g/mol. The van der Waals surface area contributed by atoms with Crippen LogP contribution in [0.1, 0.15) is 36.7 Å². The van der Waals surface area contributed by atoms with Crippen LogP contribution in [0.2, 0.25) is 0 Å². The van der Waals surface area contributed by atoms with Gasteiger partial charge in [0.25, 0.3) is 0 Å². The molecule has 1 amide bonds. The smallest absolute Gasteiger partial charge is 0.233 e. The summed E-state index contributed by atoms with van der Waals surface area (Å²) < 4.78 is 5.32. The fourth-order valence-corrected chi connectivity index (χ4v) is 3.28. The number of nitrogens with zero attached hydrogens (tertiary/aromatic N) is 1. The van der Waals surface area contributed by atoms with Crippen LogP contribution in [0.25, 0.3) is 0 Å². The van der Waals surface area contributed by atoms with Gasteiger partial charge in [0.2, 0.25) is 5.91 Å². The number of ether oxygens (including phenoxy) is 1. The molecule has 1 aromatic rings. The molecule has 2 aliphatic heterocycles. The van der Waals surface area contributed by atoms with Gasteiger partial charge >= 0.3 is 0 Å². The van der Waals surface area contributed by atoms with Gasteiger partial charge in [-0.05, 0) is 25.8 Å². The van der Waals surface area contributed by atoms with Crippen LogP contribution in [0.5, 0.6) is 0 Å². The number of carbonyl (C=O) groups excluding carboxylic acids is 1. The molecule has 0 aliphatic carbocycles. The molecule has 3 rings (SSSR count). The van der Waals surface area contributed by atoms with Gasteiger partial charge in [-0.1, -0.05) is 13.0 Å². The number of aromatic nitrogens is 1. The number of aliphatic hydroxyl groups excluding tert-OH is 1. The van der Waals surface area contributed by atoms with Crippen molar-refractivity contribution in [3.8, 4) is 0 Å². The van der Waals surface area contributed by atoms with Crippen molar-refractivity contribution in [2.24, 2.45) is 0 Å². The number of nitrogens with one attached hydrogen (secondary N) is 1. The zero-order valence-electron chi connectivity index (χ0n) is 11.9. The van der Waals surface area contributed by atoms with Crippen LogP contribution in [0.3, 0.4) is 0 Å². The van der Waals surface area contributed by atoms with Crippen molar-refractivity contribution >= 4 is 5.91 Å². The van der Waals surface area contributed by atoms with E-state index in [2.05, 4.69) is 10.3 Å². The minimum atomic E-state index is -0.725. The minimum Gasteiger partial charge on any atom is -0.396 e. The Balaban J connectivity index is 2.21. The highest BCUT2D eigenvalue weighted by Crippen LogP contribution is 2.44. The number of carbonyl (C=O) groups is 1. The van der Waals surface area contributed by atoms with Gasteiger partial charge in [0.15, 0.2) is 0 Å². The van der Waals surface area contributed by atoms with E-state index in [-0.39, 0.29) is 12.5 Å². The van der Waals surface area contributed by atoms with Crippen LogP contribution in [0.4, 0.5) is 0 Å². The first-order chi connectivity index (χ1) is 9.58. The fraction of sp³-hybridized carbons (Fsp3) is 0.600. The highest BCUT2D eigenvalue weighted by molar-refractivity contribution is 5.91. The van der Waals surface area contributed by atoms with Crippen molar-refractivity contribution in [3.63, 3.8) is 0 Å². The highest BCUT2D eigenvalue weighted by atomic mass is 16.5. The van der Waals surface area contributed by atoms with Crippen LogP contribution in [0, 0.1) is 6.92 Å². The predicted molar refractivity (Wildman–Crippen MR) is 73.3 cm³/mol. The van der Waals surface area contributed by atoms with Crippen LogP contribution < -0.4 is 5.32 Å². The number of amides is 1. The van der Waals surface area contributed by atoms with Crippen LogP contribution in [0.15, 0.2) is 12.1 Å². The maximum atomic E-state index is 12.7. The number of hydrogen-bond donors (Lipinski definition) is 2. The molecule has 1 spiro atoms. The zero-order chi connectivity index (χ0) is 14.4. The Hall–Kier alpha value is -1.46. The number of aliphatic hydroxyl groups is 1. The van der Waals surface area contributed by atoms with Crippen molar-refractivity contribution in [1.82, 2.24) is 10.3 Å². The van der Waals surface area contributed by atoms with E-state index in [0.29, 0.717) is 26.1 Å². The Bertz CT molecular complexity index is 554. The van der Waals surface area contributed by atoms with Crippen LogP contribution >= 0.6 is 0 Å². The lowest BCUT2D eigenvalue weighted by Gasteiger charge is -2.50. The normalized spacial score (nSPS) is 26.9. The van der Waals surface area contributed by atoms with E-state index >= 15 is 0 Å². The van der Waals surface area contributed by atoms with Crippen molar-refractivity contribution in [3.05, 3.63) is 29.1 Å². The molecular formula is C15H20N2O3. The topological polar surface area (TPSA) is 71.5 Å². The van der Waals surface area contributed by atoms with Gasteiger partial charge in [0.05, 0.1) is 24.3 Å². The number of hydrogen-bond acceptors (Lipinski definition) is 4. The van der Waals surface area contributed by atoms with E-state index < -0.39 is 11.0 Å². The van der Waals surface area contributed by atoms with Crippen molar-refractivity contribution in [2.75, 3.05) is 19.8 Å². The molecule has 1 fully saturated rings. The van der Waals surface area contributed by atoms with Gasteiger partial charge in [-0.3, -0.25) is 9.78 Å². The molecule has 0 saturated carbocycles. The Morgan fingerprint density at radius 1 is 1.45 bits per heavy atom. The quantitative estimate of drug-likeness (QED) is 0.855. The molecule has 1 atom stereocenters. The van der Waals surface area contributed by atoms with Crippen molar-refractivity contribution < 1.29 is 14.6 Å². The van der Waals surface area contributed by atoms with Crippen molar-refractivity contribution in [2.45, 2.75) is 37.6 Å². The Morgan fingerprint density at radius 3 is 2.75 bits per heavy atom. The summed E-state index contributed by atoms with van der Waals surface area (Å²) in [6, 6.07) is 4.01. The van der Waals surface area contributed by atoms with Crippen LogP contribution in [-0.2, 0) is 20.5 Å². The minimum absolute atomic E-state index is 0.0280. The molecule has 0 bridgehead atoms. The highest BCUT2D eigenvalue weighted by Gasteiger charge is 2.55. The van der Waals surface area contributed by atoms with Gasteiger partial charge in [-0.25, -0.2) is 0 Å². The summed E-state index contributed by atoms with van der Waals surface area (Å²) in [5.74, 6) is -0.0389. The summed E-state index contributed by atoms with van der Waals surface area (Å²) in [7, 11) is 0. The predicted octanol–water partition coefficient (Wildman–Crippen LogP) is 0.776. The molecule has 0 aromatic carbocycles. The molecule has 1 saturated heterocycles. The Morgan fingerprint density at radius 2 is 2.20 bits per heavy atom. The lowest BCUT2D eigenvalue weighted by atomic mass is 9.68. The first kappa shape index (κ1) is 13.5. The number of rotatable bonds is 3. The summed E-state index contributed by atoms with van der Waals surface area (Å²) in [5.41, 5.74) is 1.62. The molecule has 0 radical (unpaired) electrons. The van der Waals surface area contributed by atoms with Gasteiger partial charge in [-0.15, -0.1) is 0 Å². The molecule has 20 heavy (non-hydrogen) atoms. The maximum absolute atomic E-state index is 12.7. The van der Waals surface area contributed by atoms with E-state index in [4.69, 9.17) is 4.74 Å². The fourth-order valence-electron chi connectivity index (χ4n) is 3.28. The molecule has 2 aliphatic rings. The summed E-state index contributed by atoms with van der Waals surface area (Å²) in [5, 5.41) is 12.5. The van der Waals surface area contributed by atoms with E-state index in [1.54, 1.807) is 0 Å². The maximum Gasteiger partial charge on any atom is 0.233 e. The molecule has 5 heteroatoms. The standard InChI is InChI=1S/C15H20N2O3/c1-3-14(6-7-18)12-11(5-4-10(2)16-12)15(8-20-9-15)17-13(14)19/h4-5,18H,3,6-9H2,1-2H3,(H,17,19). The third-order valence-electron chi connectivity index (χ3n) is 4.63. The average molecular weight is 276 g/mol. The van der Waals surface area contributed by atoms with Crippen molar-refractivity contribution in [1.29, 1.82) is 0 Å². The van der Waals surface area contributed by atoms with E-state index in [9.17, 15) is 9.90 Å².